The number of anilines is 1. The topological polar surface area (TPSA) is 37.8 Å². The number of benzene rings is 1. The second kappa shape index (κ2) is 5.40. The highest BCUT2D eigenvalue weighted by Crippen LogP contribution is 2.49. The molecule has 0 amide bonds. The van der Waals surface area contributed by atoms with Crippen LogP contribution in [0.2, 0.25) is 5.02 Å². The zero-order chi connectivity index (χ0) is 14.3. The average Bonchev–Trinajstić information content (AvgIpc) is 3.14. The summed E-state index contributed by atoms with van der Waals surface area (Å²) in [6, 6.07) is 4.40. The van der Waals surface area contributed by atoms with E-state index >= 15 is 0 Å². The SMILES string of the molecule is Clc1ccc2nsnc2c1NC1CCC2(CCCC2)CC1. The minimum Gasteiger partial charge on any atom is -0.379 e. The summed E-state index contributed by atoms with van der Waals surface area (Å²) in [6.07, 6.45) is 11.0. The standard InChI is InChI=1S/C16H20ClN3S/c17-12-3-4-13-15(20-21-19-13)14(12)18-11-5-9-16(10-6-11)7-1-2-8-16/h3-4,11,18H,1-2,5-10H2. The maximum Gasteiger partial charge on any atom is 0.129 e. The number of aromatic nitrogens is 2. The average molecular weight is 322 g/mol. The number of hydrogen-bond donors (Lipinski definition) is 1. The van der Waals surface area contributed by atoms with Gasteiger partial charge in [-0.05, 0) is 56.1 Å². The minimum atomic E-state index is 0.529. The predicted octanol–water partition coefficient (Wildman–Crippen LogP) is 5.26. The smallest absolute Gasteiger partial charge is 0.129 e. The first kappa shape index (κ1) is 13.8. The van der Waals surface area contributed by atoms with Crippen molar-refractivity contribution in [2.75, 3.05) is 5.32 Å². The van der Waals surface area contributed by atoms with Crippen molar-refractivity contribution < 1.29 is 0 Å². The molecule has 5 heteroatoms. The van der Waals surface area contributed by atoms with Gasteiger partial charge in [-0.15, -0.1) is 0 Å². The van der Waals surface area contributed by atoms with Crippen molar-refractivity contribution >= 4 is 40.0 Å². The Labute approximate surface area is 134 Å². The van der Waals surface area contributed by atoms with E-state index in [0.29, 0.717) is 11.5 Å². The molecular formula is C16H20ClN3S. The van der Waals surface area contributed by atoms with Gasteiger partial charge in [-0.25, -0.2) is 0 Å². The lowest BCUT2D eigenvalue weighted by atomic mass is 9.71. The molecule has 0 bridgehead atoms. The first-order chi connectivity index (χ1) is 10.3. The van der Waals surface area contributed by atoms with Crippen LogP contribution in [0.25, 0.3) is 11.0 Å². The Morgan fingerprint density at radius 2 is 1.86 bits per heavy atom. The van der Waals surface area contributed by atoms with Gasteiger partial charge in [0, 0.05) is 6.04 Å². The quantitative estimate of drug-likeness (QED) is 0.819. The number of fused-ring (bicyclic) bond motifs is 1. The summed E-state index contributed by atoms with van der Waals surface area (Å²) in [5.74, 6) is 0. The summed E-state index contributed by atoms with van der Waals surface area (Å²) in [7, 11) is 0. The van der Waals surface area contributed by atoms with Gasteiger partial charge in [-0.1, -0.05) is 24.4 Å². The minimum absolute atomic E-state index is 0.529. The molecule has 112 valence electrons. The van der Waals surface area contributed by atoms with Crippen LogP contribution >= 0.6 is 23.3 Å². The molecule has 21 heavy (non-hydrogen) atoms. The molecule has 1 spiro atoms. The third-order valence-corrected chi connectivity index (χ3v) is 6.29. The molecule has 1 aromatic heterocycles. The summed E-state index contributed by atoms with van der Waals surface area (Å²) in [4.78, 5) is 0. The van der Waals surface area contributed by atoms with E-state index < -0.39 is 0 Å². The molecule has 2 aliphatic rings. The van der Waals surface area contributed by atoms with Gasteiger partial charge in [-0.2, -0.15) is 8.75 Å². The molecule has 2 aromatic rings. The first-order valence-corrected chi connectivity index (χ1v) is 9.04. The Morgan fingerprint density at radius 3 is 2.62 bits per heavy atom. The van der Waals surface area contributed by atoms with E-state index in [1.165, 1.54) is 63.1 Å². The molecule has 2 aliphatic carbocycles. The van der Waals surface area contributed by atoms with E-state index in [9.17, 15) is 0 Å². The van der Waals surface area contributed by atoms with E-state index in [2.05, 4.69) is 14.1 Å². The van der Waals surface area contributed by atoms with Crippen molar-refractivity contribution in [2.24, 2.45) is 5.41 Å². The van der Waals surface area contributed by atoms with E-state index in [4.69, 9.17) is 11.6 Å². The summed E-state index contributed by atoms with van der Waals surface area (Å²) >= 11 is 7.63. The van der Waals surface area contributed by atoms with Gasteiger partial charge in [0.05, 0.1) is 22.4 Å². The van der Waals surface area contributed by atoms with Gasteiger partial charge in [0.15, 0.2) is 0 Å². The maximum absolute atomic E-state index is 6.37. The summed E-state index contributed by atoms with van der Waals surface area (Å²) < 4.78 is 8.70. The van der Waals surface area contributed by atoms with Crippen molar-refractivity contribution in [2.45, 2.75) is 57.4 Å². The lowest BCUT2D eigenvalue weighted by molar-refractivity contribution is 0.188. The Kier molecular flexibility index (Phi) is 3.54. The zero-order valence-electron chi connectivity index (χ0n) is 12.1. The van der Waals surface area contributed by atoms with Gasteiger partial charge >= 0.3 is 0 Å². The highest BCUT2D eigenvalue weighted by Gasteiger charge is 2.37. The van der Waals surface area contributed by atoms with E-state index in [-0.39, 0.29) is 0 Å². The number of rotatable bonds is 2. The number of nitrogens with one attached hydrogen (secondary N) is 1. The Hall–Kier alpha value is -0.870. The lowest BCUT2D eigenvalue weighted by Gasteiger charge is -2.38. The van der Waals surface area contributed by atoms with Crippen LogP contribution in [0.5, 0.6) is 0 Å². The van der Waals surface area contributed by atoms with Crippen LogP contribution in [-0.4, -0.2) is 14.8 Å². The second-order valence-corrected chi connectivity index (χ2v) is 7.62. The van der Waals surface area contributed by atoms with Crippen LogP contribution in [0.15, 0.2) is 12.1 Å². The van der Waals surface area contributed by atoms with E-state index in [1.807, 2.05) is 12.1 Å². The largest absolute Gasteiger partial charge is 0.379 e. The molecule has 0 atom stereocenters. The third kappa shape index (κ3) is 2.53. The van der Waals surface area contributed by atoms with Crippen LogP contribution in [0.4, 0.5) is 5.69 Å². The van der Waals surface area contributed by atoms with Gasteiger partial charge in [0.1, 0.15) is 11.0 Å². The Morgan fingerprint density at radius 1 is 1.10 bits per heavy atom. The molecule has 0 aliphatic heterocycles. The lowest BCUT2D eigenvalue weighted by Crippen LogP contribution is -2.31. The van der Waals surface area contributed by atoms with Crippen LogP contribution in [-0.2, 0) is 0 Å². The summed E-state index contributed by atoms with van der Waals surface area (Å²) in [6.45, 7) is 0. The van der Waals surface area contributed by atoms with Crippen molar-refractivity contribution in [1.82, 2.24) is 8.75 Å². The number of nitrogens with zero attached hydrogens (tertiary/aromatic N) is 2. The molecule has 2 fully saturated rings. The molecule has 2 saturated carbocycles. The molecule has 0 saturated heterocycles. The third-order valence-electron chi connectivity index (χ3n) is 5.44. The maximum atomic E-state index is 6.37. The fraction of sp³-hybridized carbons (Fsp3) is 0.625. The normalized spacial score (nSPS) is 22.1. The fourth-order valence-corrected chi connectivity index (χ4v) is 4.92. The molecule has 1 aromatic carbocycles. The fourth-order valence-electron chi connectivity index (χ4n) is 4.17. The van der Waals surface area contributed by atoms with Gasteiger partial charge in [0.2, 0.25) is 0 Å². The van der Waals surface area contributed by atoms with Gasteiger partial charge in [-0.3, -0.25) is 0 Å². The second-order valence-electron chi connectivity index (χ2n) is 6.68. The van der Waals surface area contributed by atoms with Crippen LogP contribution in [0, 0.1) is 5.41 Å². The molecule has 0 radical (unpaired) electrons. The predicted molar refractivity (Wildman–Crippen MR) is 89.2 cm³/mol. The van der Waals surface area contributed by atoms with Crippen LogP contribution < -0.4 is 5.32 Å². The van der Waals surface area contributed by atoms with Crippen molar-refractivity contribution in [3.8, 4) is 0 Å². The van der Waals surface area contributed by atoms with Crippen LogP contribution in [0.3, 0.4) is 0 Å². The Balaban J connectivity index is 1.51. The number of hydrogen-bond acceptors (Lipinski definition) is 4. The van der Waals surface area contributed by atoms with Gasteiger partial charge in [0.25, 0.3) is 0 Å². The molecule has 4 rings (SSSR count). The monoisotopic (exact) mass is 321 g/mol. The molecule has 0 unspecified atom stereocenters. The summed E-state index contributed by atoms with van der Waals surface area (Å²) in [5.41, 5.74) is 3.52. The molecular weight excluding hydrogens is 302 g/mol. The molecule has 1 N–H and O–H groups in total. The molecule has 3 nitrogen and oxygen atoms in total. The first-order valence-electron chi connectivity index (χ1n) is 7.93. The van der Waals surface area contributed by atoms with E-state index in [0.717, 1.165) is 21.7 Å². The Bertz CT molecular complexity index is 638. The number of halogens is 1. The van der Waals surface area contributed by atoms with Crippen molar-refractivity contribution in [1.29, 1.82) is 0 Å². The van der Waals surface area contributed by atoms with E-state index in [1.54, 1.807) is 0 Å². The van der Waals surface area contributed by atoms with Crippen LogP contribution in [0.1, 0.15) is 51.4 Å². The highest BCUT2D eigenvalue weighted by molar-refractivity contribution is 7.00. The van der Waals surface area contributed by atoms with Crippen molar-refractivity contribution in [3.63, 3.8) is 0 Å². The highest BCUT2D eigenvalue weighted by atomic mass is 35.5. The zero-order valence-corrected chi connectivity index (χ0v) is 13.6. The van der Waals surface area contributed by atoms with Gasteiger partial charge < -0.3 is 5.32 Å². The van der Waals surface area contributed by atoms with Crippen molar-refractivity contribution in [3.05, 3.63) is 17.2 Å². The summed E-state index contributed by atoms with van der Waals surface area (Å²) in [5, 5.41) is 4.42. The molecule has 1 heterocycles.